The number of hydrogen-bond acceptors (Lipinski definition) is 3. The lowest BCUT2D eigenvalue weighted by molar-refractivity contribution is 0.521. The van der Waals surface area contributed by atoms with Gasteiger partial charge in [-0.3, -0.25) is 0 Å². The van der Waals surface area contributed by atoms with Crippen molar-refractivity contribution in [1.29, 1.82) is 0 Å². The molecule has 2 rings (SSSR count). The first-order valence-electron chi connectivity index (χ1n) is 5.58. The van der Waals surface area contributed by atoms with E-state index in [9.17, 15) is 0 Å². The predicted octanol–water partition coefficient (Wildman–Crippen LogP) is 3.57. The summed E-state index contributed by atoms with van der Waals surface area (Å²) in [5.41, 5.74) is 2.92. The Balaban J connectivity index is 1.81. The number of aryl methyl sites for hydroxylation is 1. The van der Waals surface area contributed by atoms with Gasteiger partial charge >= 0.3 is 0 Å². The Morgan fingerprint density at radius 3 is 2.38 bits per heavy atom. The molecule has 0 amide bonds. The molecule has 86 valence electrons. The second-order valence-corrected chi connectivity index (χ2v) is 5.55. The summed E-state index contributed by atoms with van der Waals surface area (Å²) in [6.07, 6.45) is 3.53. The number of thiophene rings is 2. The maximum Gasteiger partial charge on any atom is 0.0108 e. The highest BCUT2D eigenvalue weighted by Gasteiger charge is 2.07. The van der Waals surface area contributed by atoms with Gasteiger partial charge < -0.3 is 5.32 Å². The minimum absolute atomic E-state index is 0.592. The Bertz CT molecular complexity index is 378. The van der Waals surface area contributed by atoms with Gasteiger partial charge in [0.25, 0.3) is 0 Å². The van der Waals surface area contributed by atoms with Crippen LogP contribution in [0, 0.1) is 0 Å². The fourth-order valence-electron chi connectivity index (χ4n) is 1.82. The van der Waals surface area contributed by atoms with Crippen molar-refractivity contribution in [2.75, 3.05) is 7.05 Å². The Morgan fingerprint density at radius 1 is 1.12 bits per heavy atom. The molecule has 0 aromatic carbocycles. The Morgan fingerprint density at radius 2 is 1.81 bits per heavy atom. The summed E-state index contributed by atoms with van der Waals surface area (Å²) < 4.78 is 0. The van der Waals surface area contributed by atoms with Crippen molar-refractivity contribution in [3.63, 3.8) is 0 Å². The Hall–Kier alpha value is -0.640. The van der Waals surface area contributed by atoms with Gasteiger partial charge in [0, 0.05) is 6.04 Å². The second kappa shape index (κ2) is 6.18. The predicted molar refractivity (Wildman–Crippen MR) is 73.5 cm³/mol. The van der Waals surface area contributed by atoms with Crippen molar-refractivity contribution in [2.45, 2.75) is 25.3 Å². The van der Waals surface area contributed by atoms with Crippen LogP contribution in [-0.2, 0) is 12.8 Å². The summed E-state index contributed by atoms with van der Waals surface area (Å²) in [7, 11) is 2.06. The van der Waals surface area contributed by atoms with Crippen molar-refractivity contribution < 1.29 is 0 Å². The van der Waals surface area contributed by atoms with E-state index < -0.39 is 0 Å². The molecule has 1 nitrogen and oxygen atoms in total. The number of likely N-dealkylation sites (N-methyl/N-ethyl adjacent to an activating group) is 1. The second-order valence-electron chi connectivity index (χ2n) is 3.99. The minimum atomic E-state index is 0.592. The zero-order chi connectivity index (χ0) is 11.2. The van der Waals surface area contributed by atoms with Crippen LogP contribution in [0.4, 0.5) is 0 Å². The van der Waals surface area contributed by atoms with Crippen molar-refractivity contribution in [3.05, 3.63) is 44.8 Å². The molecule has 16 heavy (non-hydrogen) atoms. The van der Waals surface area contributed by atoms with Gasteiger partial charge in [-0.15, -0.1) is 0 Å². The lowest BCUT2D eigenvalue weighted by Gasteiger charge is -2.14. The highest BCUT2D eigenvalue weighted by molar-refractivity contribution is 7.08. The molecule has 2 heterocycles. The normalized spacial score (nSPS) is 12.8. The topological polar surface area (TPSA) is 12.0 Å². The molecule has 2 aromatic rings. The van der Waals surface area contributed by atoms with E-state index in [1.165, 1.54) is 24.0 Å². The van der Waals surface area contributed by atoms with E-state index in [0.717, 1.165) is 6.42 Å². The van der Waals surface area contributed by atoms with Crippen LogP contribution in [0.15, 0.2) is 33.7 Å². The highest BCUT2D eigenvalue weighted by Crippen LogP contribution is 2.14. The van der Waals surface area contributed by atoms with Gasteiger partial charge in [0.1, 0.15) is 0 Å². The summed E-state index contributed by atoms with van der Waals surface area (Å²) >= 11 is 3.57. The average molecular weight is 251 g/mol. The third-order valence-electron chi connectivity index (χ3n) is 2.83. The van der Waals surface area contributed by atoms with Gasteiger partial charge in [0.15, 0.2) is 0 Å². The van der Waals surface area contributed by atoms with E-state index in [4.69, 9.17) is 0 Å². The van der Waals surface area contributed by atoms with E-state index in [1.54, 1.807) is 22.7 Å². The molecule has 0 spiro atoms. The van der Waals surface area contributed by atoms with Crippen LogP contribution in [0.2, 0.25) is 0 Å². The third kappa shape index (κ3) is 3.44. The van der Waals surface area contributed by atoms with E-state index in [1.807, 2.05) is 0 Å². The number of hydrogen-bond donors (Lipinski definition) is 1. The molecule has 2 aromatic heterocycles. The van der Waals surface area contributed by atoms with Crippen molar-refractivity contribution >= 4 is 22.7 Å². The first kappa shape index (κ1) is 11.8. The van der Waals surface area contributed by atoms with Gasteiger partial charge in [-0.25, -0.2) is 0 Å². The van der Waals surface area contributed by atoms with Crippen LogP contribution in [0.5, 0.6) is 0 Å². The quantitative estimate of drug-likeness (QED) is 0.827. The molecular weight excluding hydrogens is 234 g/mol. The Kier molecular flexibility index (Phi) is 4.57. The summed E-state index contributed by atoms with van der Waals surface area (Å²) in [6, 6.07) is 5.04. The lowest BCUT2D eigenvalue weighted by atomic mass is 10.0. The molecule has 1 atom stereocenters. The molecule has 0 aliphatic rings. The molecule has 0 bridgehead atoms. The smallest absolute Gasteiger partial charge is 0.0108 e. The van der Waals surface area contributed by atoms with Gasteiger partial charge in [0.05, 0.1) is 0 Å². The molecule has 0 saturated carbocycles. The van der Waals surface area contributed by atoms with Crippen LogP contribution in [0.3, 0.4) is 0 Å². The lowest BCUT2D eigenvalue weighted by Crippen LogP contribution is -2.27. The maximum atomic E-state index is 3.41. The number of nitrogens with one attached hydrogen (secondary N) is 1. The molecule has 3 heteroatoms. The van der Waals surface area contributed by atoms with Gasteiger partial charge in [-0.2, -0.15) is 22.7 Å². The summed E-state index contributed by atoms with van der Waals surface area (Å²) in [5.74, 6) is 0. The van der Waals surface area contributed by atoms with E-state index in [0.29, 0.717) is 6.04 Å². The molecule has 0 aliphatic heterocycles. The fraction of sp³-hybridized carbons (Fsp3) is 0.385. The monoisotopic (exact) mass is 251 g/mol. The standard InChI is InChI=1S/C13H17NS2/c1-14-13(8-12-5-7-16-10-12)3-2-11-4-6-15-9-11/h4-7,9-10,13-14H,2-3,8H2,1H3. The van der Waals surface area contributed by atoms with Crippen molar-refractivity contribution in [3.8, 4) is 0 Å². The van der Waals surface area contributed by atoms with Crippen molar-refractivity contribution in [2.24, 2.45) is 0 Å². The van der Waals surface area contributed by atoms with Crippen LogP contribution < -0.4 is 5.32 Å². The summed E-state index contributed by atoms with van der Waals surface area (Å²) in [6.45, 7) is 0. The van der Waals surface area contributed by atoms with Crippen LogP contribution >= 0.6 is 22.7 Å². The molecule has 0 fully saturated rings. The van der Waals surface area contributed by atoms with Crippen LogP contribution in [0.25, 0.3) is 0 Å². The largest absolute Gasteiger partial charge is 0.317 e. The van der Waals surface area contributed by atoms with Gasteiger partial charge in [-0.05, 0) is 71.1 Å². The number of rotatable bonds is 6. The van der Waals surface area contributed by atoms with Gasteiger partial charge in [-0.1, -0.05) is 0 Å². The molecular formula is C13H17NS2. The SMILES string of the molecule is CNC(CCc1ccsc1)Cc1ccsc1. The molecule has 0 saturated heterocycles. The van der Waals surface area contributed by atoms with Gasteiger partial charge in [0.2, 0.25) is 0 Å². The average Bonchev–Trinajstić information content (AvgIpc) is 2.97. The third-order valence-corrected chi connectivity index (χ3v) is 4.30. The highest BCUT2D eigenvalue weighted by atomic mass is 32.1. The molecule has 0 radical (unpaired) electrons. The zero-order valence-corrected chi connectivity index (χ0v) is 11.1. The summed E-state index contributed by atoms with van der Waals surface area (Å²) in [4.78, 5) is 0. The van der Waals surface area contributed by atoms with E-state index >= 15 is 0 Å². The molecule has 1 N–H and O–H groups in total. The maximum absolute atomic E-state index is 3.41. The van der Waals surface area contributed by atoms with Crippen molar-refractivity contribution in [1.82, 2.24) is 5.32 Å². The van der Waals surface area contributed by atoms with E-state index in [2.05, 4.69) is 46.0 Å². The van der Waals surface area contributed by atoms with Crippen LogP contribution in [-0.4, -0.2) is 13.1 Å². The van der Waals surface area contributed by atoms with Crippen LogP contribution in [0.1, 0.15) is 17.5 Å². The fourth-order valence-corrected chi connectivity index (χ4v) is 3.20. The summed E-state index contributed by atoms with van der Waals surface area (Å²) in [5, 5.41) is 12.2. The first-order chi connectivity index (χ1) is 7.88. The zero-order valence-electron chi connectivity index (χ0n) is 9.48. The molecule has 1 unspecified atom stereocenters. The Labute approximate surface area is 105 Å². The van der Waals surface area contributed by atoms with E-state index in [-0.39, 0.29) is 0 Å². The first-order valence-corrected chi connectivity index (χ1v) is 7.46. The minimum Gasteiger partial charge on any atom is -0.317 e. The molecule has 0 aliphatic carbocycles.